The van der Waals surface area contributed by atoms with E-state index in [-0.39, 0.29) is 17.4 Å². The molecule has 1 aliphatic rings. The molecule has 0 aromatic heterocycles. The molecule has 0 atom stereocenters. The van der Waals surface area contributed by atoms with Gasteiger partial charge in [-0.05, 0) is 44.9 Å². The molecule has 1 rings (SSSR count). The first-order valence-corrected chi connectivity index (χ1v) is 8.05. The van der Waals surface area contributed by atoms with Gasteiger partial charge in [0.1, 0.15) is 5.60 Å². The Kier molecular flexibility index (Phi) is 5.20. The Morgan fingerprint density at radius 3 is 1.86 bits per heavy atom. The summed E-state index contributed by atoms with van der Waals surface area (Å²) in [6, 6.07) is 0. The molecule has 1 fully saturated rings. The molecule has 1 saturated heterocycles. The molecular formula is C17H31NO4. The molecule has 1 heterocycles. The molecule has 22 heavy (non-hydrogen) atoms. The zero-order valence-electron chi connectivity index (χ0n) is 15.0. The minimum Gasteiger partial charge on any atom is -0.481 e. The molecule has 1 N–H and O–H groups in total. The number of carbonyl (C=O) groups excluding carboxylic acids is 1. The summed E-state index contributed by atoms with van der Waals surface area (Å²) in [5, 5.41) is 9.85. The van der Waals surface area contributed by atoms with E-state index in [1.165, 1.54) is 0 Å². The van der Waals surface area contributed by atoms with E-state index in [4.69, 9.17) is 4.74 Å². The van der Waals surface area contributed by atoms with Crippen LogP contribution in [-0.2, 0) is 9.53 Å². The number of carboxylic acid groups (broad SMARTS) is 1. The monoisotopic (exact) mass is 313 g/mol. The van der Waals surface area contributed by atoms with Crippen LogP contribution >= 0.6 is 0 Å². The van der Waals surface area contributed by atoms with E-state index in [2.05, 4.69) is 13.8 Å². The highest BCUT2D eigenvalue weighted by atomic mass is 16.6. The molecule has 0 saturated carbocycles. The van der Waals surface area contributed by atoms with Gasteiger partial charge in [0.05, 0.1) is 5.41 Å². The maximum atomic E-state index is 12.1. The molecule has 0 aromatic rings. The van der Waals surface area contributed by atoms with Crippen LogP contribution in [0.5, 0.6) is 0 Å². The first kappa shape index (κ1) is 18.8. The molecule has 0 radical (unpaired) electrons. The number of amides is 1. The zero-order valence-corrected chi connectivity index (χ0v) is 15.0. The first-order chi connectivity index (χ1) is 9.83. The van der Waals surface area contributed by atoms with Crippen LogP contribution in [-0.4, -0.2) is 40.8 Å². The highest BCUT2D eigenvalue weighted by Crippen LogP contribution is 2.51. The van der Waals surface area contributed by atoms with Gasteiger partial charge in [0.2, 0.25) is 0 Å². The maximum absolute atomic E-state index is 12.1. The van der Waals surface area contributed by atoms with Crippen molar-refractivity contribution in [2.75, 3.05) is 13.1 Å². The number of aliphatic carboxylic acids is 1. The SMILES string of the molecule is CC(C)C(C)(C)C1(C(=O)O)CCN(C(=O)OC(C)(C)C)CC1. The number of hydrogen-bond acceptors (Lipinski definition) is 3. The second-order valence-electron chi connectivity index (χ2n) is 8.23. The average molecular weight is 313 g/mol. The molecule has 5 heteroatoms. The first-order valence-electron chi connectivity index (χ1n) is 8.05. The number of carbonyl (C=O) groups is 2. The van der Waals surface area contributed by atoms with Gasteiger partial charge in [0.15, 0.2) is 0 Å². The number of piperidine rings is 1. The Morgan fingerprint density at radius 2 is 1.55 bits per heavy atom. The molecule has 0 spiro atoms. The van der Waals surface area contributed by atoms with Gasteiger partial charge < -0.3 is 14.7 Å². The van der Waals surface area contributed by atoms with Gasteiger partial charge in [-0.2, -0.15) is 0 Å². The summed E-state index contributed by atoms with van der Waals surface area (Å²) in [6.45, 7) is 14.5. The zero-order chi connectivity index (χ0) is 17.3. The topological polar surface area (TPSA) is 66.8 Å². The smallest absolute Gasteiger partial charge is 0.410 e. The standard InChI is InChI=1S/C17H31NO4/c1-12(2)16(6,7)17(13(19)20)8-10-18(11-9-17)14(21)22-15(3,4)5/h12H,8-11H2,1-7H3,(H,19,20). The lowest BCUT2D eigenvalue weighted by atomic mass is 9.56. The van der Waals surface area contributed by atoms with E-state index in [0.29, 0.717) is 25.9 Å². The van der Waals surface area contributed by atoms with Gasteiger partial charge in [-0.25, -0.2) is 4.79 Å². The lowest BCUT2D eigenvalue weighted by molar-refractivity contribution is -0.165. The van der Waals surface area contributed by atoms with Crippen LogP contribution < -0.4 is 0 Å². The van der Waals surface area contributed by atoms with E-state index >= 15 is 0 Å². The second-order valence-corrected chi connectivity index (χ2v) is 8.23. The summed E-state index contributed by atoms with van der Waals surface area (Å²) in [7, 11) is 0. The lowest BCUT2D eigenvalue weighted by Crippen LogP contribution is -2.55. The van der Waals surface area contributed by atoms with E-state index < -0.39 is 17.0 Å². The van der Waals surface area contributed by atoms with Crippen LogP contribution in [0.25, 0.3) is 0 Å². The second kappa shape index (κ2) is 6.09. The van der Waals surface area contributed by atoms with Crippen molar-refractivity contribution in [3.63, 3.8) is 0 Å². The highest BCUT2D eigenvalue weighted by Gasteiger charge is 2.54. The Labute approximate surface area is 134 Å². The highest BCUT2D eigenvalue weighted by molar-refractivity contribution is 5.77. The van der Waals surface area contributed by atoms with Gasteiger partial charge in [-0.15, -0.1) is 0 Å². The third kappa shape index (κ3) is 3.55. The number of likely N-dealkylation sites (tertiary alicyclic amines) is 1. The van der Waals surface area contributed by atoms with E-state index in [0.717, 1.165) is 0 Å². The molecule has 0 unspecified atom stereocenters. The summed E-state index contributed by atoms with van der Waals surface area (Å²) < 4.78 is 5.38. The van der Waals surface area contributed by atoms with Gasteiger partial charge in [0.25, 0.3) is 0 Å². The molecule has 5 nitrogen and oxygen atoms in total. The van der Waals surface area contributed by atoms with Crippen LogP contribution in [0.1, 0.15) is 61.3 Å². The average Bonchev–Trinajstić information content (AvgIpc) is 2.36. The van der Waals surface area contributed by atoms with Crippen molar-refractivity contribution < 1.29 is 19.4 Å². The maximum Gasteiger partial charge on any atom is 0.410 e. The summed E-state index contributed by atoms with van der Waals surface area (Å²) in [5.74, 6) is -0.508. The predicted octanol–water partition coefficient (Wildman–Crippen LogP) is 3.77. The van der Waals surface area contributed by atoms with Crippen molar-refractivity contribution in [1.82, 2.24) is 4.90 Å². The van der Waals surface area contributed by atoms with Gasteiger partial charge in [0, 0.05) is 13.1 Å². The van der Waals surface area contributed by atoms with Crippen LogP contribution in [0.2, 0.25) is 0 Å². The molecule has 128 valence electrons. The Morgan fingerprint density at radius 1 is 1.09 bits per heavy atom. The number of nitrogens with zero attached hydrogens (tertiary/aromatic N) is 1. The third-order valence-electron chi connectivity index (χ3n) is 5.35. The van der Waals surface area contributed by atoms with Crippen molar-refractivity contribution >= 4 is 12.1 Å². The van der Waals surface area contributed by atoms with Gasteiger partial charge in [-0.3, -0.25) is 4.79 Å². The van der Waals surface area contributed by atoms with Gasteiger partial charge >= 0.3 is 12.1 Å². The fraction of sp³-hybridized carbons (Fsp3) is 0.882. The number of rotatable bonds is 3. The summed E-state index contributed by atoms with van der Waals surface area (Å²) in [6.07, 6.45) is 0.577. The quantitative estimate of drug-likeness (QED) is 0.861. The van der Waals surface area contributed by atoms with E-state index in [1.807, 2.05) is 34.6 Å². The van der Waals surface area contributed by atoms with Crippen molar-refractivity contribution in [3.8, 4) is 0 Å². The minimum atomic E-state index is -0.792. The van der Waals surface area contributed by atoms with Crippen LogP contribution in [0, 0.1) is 16.7 Å². The predicted molar refractivity (Wildman–Crippen MR) is 85.7 cm³/mol. The fourth-order valence-electron chi connectivity index (χ4n) is 3.08. The van der Waals surface area contributed by atoms with Crippen molar-refractivity contribution in [3.05, 3.63) is 0 Å². The lowest BCUT2D eigenvalue weighted by Gasteiger charge is -2.50. The molecule has 1 aliphatic heterocycles. The van der Waals surface area contributed by atoms with E-state index in [1.54, 1.807) is 4.90 Å². The van der Waals surface area contributed by atoms with E-state index in [9.17, 15) is 14.7 Å². The Balaban J connectivity index is 2.88. The summed E-state index contributed by atoms with van der Waals surface area (Å²) in [5.41, 5.74) is -1.66. The van der Waals surface area contributed by atoms with Gasteiger partial charge in [-0.1, -0.05) is 27.7 Å². The largest absolute Gasteiger partial charge is 0.481 e. The number of hydrogen-bond donors (Lipinski definition) is 1. The molecule has 0 aromatic carbocycles. The third-order valence-corrected chi connectivity index (χ3v) is 5.35. The van der Waals surface area contributed by atoms with Crippen LogP contribution in [0.3, 0.4) is 0 Å². The Bertz CT molecular complexity index is 426. The van der Waals surface area contributed by atoms with Crippen molar-refractivity contribution in [2.24, 2.45) is 16.7 Å². The van der Waals surface area contributed by atoms with Crippen molar-refractivity contribution in [1.29, 1.82) is 0 Å². The van der Waals surface area contributed by atoms with Crippen LogP contribution in [0.4, 0.5) is 4.79 Å². The molecule has 0 aliphatic carbocycles. The number of ether oxygens (including phenoxy) is 1. The molecular weight excluding hydrogens is 282 g/mol. The van der Waals surface area contributed by atoms with Crippen LogP contribution in [0.15, 0.2) is 0 Å². The normalized spacial score (nSPS) is 19.2. The fourth-order valence-corrected chi connectivity index (χ4v) is 3.08. The van der Waals surface area contributed by atoms with Crippen molar-refractivity contribution in [2.45, 2.75) is 66.9 Å². The molecule has 0 bridgehead atoms. The molecule has 1 amide bonds. The number of carboxylic acids is 1. The summed E-state index contributed by atoms with van der Waals surface area (Å²) >= 11 is 0. The summed E-state index contributed by atoms with van der Waals surface area (Å²) in [4.78, 5) is 25.8. The minimum absolute atomic E-state index is 0.247. The Hall–Kier alpha value is -1.26.